The van der Waals surface area contributed by atoms with Gasteiger partial charge in [-0.2, -0.15) is 0 Å². The van der Waals surface area contributed by atoms with Crippen LogP contribution >= 0.6 is 0 Å². The van der Waals surface area contributed by atoms with Crippen LogP contribution in [0.1, 0.15) is 13.8 Å². The van der Waals surface area contributed by atoms with Crippen molar-refractivity contribution in [2.45, 2.75) is 13.8 Å². The van der Waals surface area contributed by atoms with Gasteiger partial charge < -0.3 is 19.2 Å². The Morgan fingerprint density at radius 3 is 2.59 bits per heavy atom. The van der Waals surface area contributed by atoms with Gasteiger partial charge >= 0.3 is 17.6 Å². The van der Waals surface area contributed by atoms with Crippen molar-refractivity contribution in [2.75, 3.05) is 19.8 Å². The van der Waals surface area contributed by atoms with Gasteiger partial charge in [-0.25, -0.2) is 14.4 Å². The highest BCUT2D eigenvalue weighted by Crippen LogP contribution is 2.19. The van der Waals surface area contributed by atoms with E-state index in [1.807, 2.05) is 19.2 Å². The van der Waals surface area contributed by atoms with Gasteiger partial charge in [0.25, 0.3) is 5.91 Å². The van der Waals surface area contributed by atoms with Crippen LogP contribution in [0.2, 0.25) is 0 Å². The number of nitrogens with one attached hydrogen (secondary N) is 2. The standard InChI is InChI=1S/C18H20N2O7/c1-11(2)8-19-18(24)20-15(21)9-26-17(23)10-25-13-5-3-12-4-6-16(22)27-14(12)7-13/h3-7,11H,8-10H2,1-2H3,(H2,19,20,21,24). The molecule has 0 aliphatic rings. The molecule has 0 atom stereocenters. The Hall–Kier alpha value is -3.36. The number of esters is 1. The predicted octanol–water partition coefficient (Wildman–Crippen LogP) is 1.20. The van der Waals surface area contributed by atoms with E-state index in [9.17, 15) is 19.2 Å². The Kier molecular flexibility index (Phi) is 6.93. The highest BCUT2D eigenvalue weighted by Gasteiger charge is 2.12. The molecule has 2 aromatic rings. The van der Waals surface area contributed by atoms with Gasteiger partial charge in [0.1, 0.15) is 11.3 Å². The Morgan fingerprint density at radius 1 is 1.11 bits per heavy atom. The first-order chi connectivity index (χ1) is 12.8. The van der Waals surface area contributed by atoms with E-state index in [1.54, 1.807) is 18.2 Å². The minimum atomic E-state index is -0.789. The molecule has 3 amide bonds. The van der Waals surface area contributed by atoms with Crippen LogP contribution in [-0.2, 0) is 14.3 Å². The van der Waals surface area contributed by atoms with Gasteiger partial charge in [-0.15, -0.1) is 0 Å². The number of ether oxygens (including phenoxy) is 2. The fourth-order valence-corrected chi connectivity index (χ4v) is 1.96. The summed E-state index contributed by atoms with van der Waals surface area (Å²) in [6.45, 7) is 3.18. The van der Waals surface area contributed by atoms with Crippen molar-refractivity contribution in [1.29, 1.82) is 0 Å². The van der Waals surface area contributed by atoms with Crippen LogP contribution in [0.15, 0.2) is 39.5 Å². The third-order valence-corrected chi connectivity index (χ3v) is 3.24. The van der Waals surface area contributed by atoms with Gasteiger partial charge in [0.15, 0.2) is 13.2 Å². The lowest BCUT2D eigenvalue weighted by Crippen LogP contribution is -2.42. The van der Waals surface area contributed by atoms with Crippen LogP contribution in [0.4, 0.5) is 4.79 Å². The molecule has 0 saturated carbocycles. The van der Waals surface area contributed by atoms with Crippen LogP contribution in [-0.4, -0.2) is 37.7 Å². The molecule has 1 heterocycles. The maximum absolute atomic E-state index is 11.6. The lowest BCUT2D eigenvalue weighted by molar-refractivity contribution is -0.150. The molecule has 0 bridgehead atoms. The zero-order valence-electron chi connectivity index (χ0n) is 14.9. The number of hydrogen-bond donors (Lipinski definition) is 2. The number of fused-ring (bicyclic) bond motifs is 1. The zero-order valence-corrected chi connectivity index (χ0v) is 14.9. The molecule has 0 fully saturated rings. The molecule has 0 spiro atoms. The number of rotatable bonds is 7. The Balaban J connectivity index is 1.75. The van der Waals surface area contributed by atoms with Crippen molar-refractivity contribution in [3.63, 3.8) is 0 Å². The number of amides is 3. The monoisotopic (exact) mass is 376 g/mol. The molecule has 9 heteroatoms. The second kappa shape index (κ2) is 9.37. The van der Waals surface area contributed by atoms with Crippen molar-refractivity contribution >= 4 is 28.9 Å². The lowest BCUT2D eigenvalue weighted by atomic mass is 10.2. The maximum Gasteiger partial charge on any atom is 0.344 e. The van der Waals surface area contributed by atoms with E-state index in [0.29, 0.717) is 23.3 Å². The number of urea groups is 1. The summed E-state index contributed by atoms with van der Waals surface area (Å²) in [6, 6.07) is 6.99. The van der Waals surface area contributed by atoms with Gasteiger partial charge in [0.2, 0.25) is 0 Å². The molecule has 27 heavy (non-hydrogen) atoms. The first-order valence-electron chi connectivity index (χ1n) is 8.23. The molecule has 0 radical (unpaired) electrons. The summed E-state index contributed by atoms with van der Waals surface area (Å²) in [6.07, 6.45) is 0. The van der Waals surface area contributed by atoms with Gasteiger partial charge in [-0.3, -0.25) is 10.1 Å². The molecule has 144 valence electrons. The molecule has 9 nitrogen and oxygen atoms in total. The topological polar surface area (TPSA) is 124 Å². The van der Waals surface area contributed by atoms with Crippen LogP contribution < -0.4 is 21.0 Å². The minimum absolute atomic E-state index is 0.240. The van der Waals surface area contributed by atoms with Gasteiger partial charge in [0.05, 0.1) is 0 Å². The summed E-state index contributed by atoms with van der Waals surface area (Å²) in [7, 11) is 0. The summed E-state index contributed by atoms with van der Waals surface area (Å²) >= 11 is 0. The molecular weight excluding hydrogens is 356 g/mol. The number of carbonyl (C=O) groups excluding carboxylic acids is 3. The largest absolute Gasteiger partial charge is 0.482 e. The lowest BCUT2D eigenvalue weighted by Gasteiger charge is -2.09. The van der Waals surface area contributed by atoms with E-state index in [-0.39, 0.29) is 5.92 Å². The smallest absolute Gasteiger partial charge is 0.344 e. The van der Waals surface area contributed by atoms with Crippen molar-refractivity contribution in [3.8, 4) is 5.75 Å². The minimum Gasteiger partial charge on any atom is -0.482 e. The second-order valence-corrected chi connectivity index (χ2v) is 6.06. The molecule has 2 rings (SSSR count). The molecule has 0 saturated heterocycles. The Bertz CT molecular complexity index is 889. The summed E-state index contributed by atoms with van der Waals surface area (Å²) in [4.78, 5) is 45.8. The van der Waals surface area contributed by atoms with Gasteiger partial charge in [0, 0.05) is 24.1 Å². The summed E-state index contributed by atoms with van der Waals surface area (Å²) in [5.74, 6) is -1.00. The van der Waals surface area contributed by atoms with E-state index in [2.05, 4.69) is 5.32 Å². The Labute approximate surface area is 154 Å². The van der Waals surface area contributed by atoms with E-state index in [1.165, 1.54) is 12.1 Å². The molecule has 2 N–H and O–H groups in total. The maximum atomic E-state index is 11.6. The second-order valence-electron chi connectivity index (χ2n) is 6.06. The fraction of sp³-hybridized carbons (Fsp3) is 0.333. The number of hydrogen-bond acceptors (Lipinski definition) is 7. The number of imide groups is 1. The summed E-state index contributed by atoms with van der Waals surface area (Å²) in [5.41, 5.74) is -0.178. The van der Waals surface area contributed by atoms with Crippen molar-refractivity contribution in [3.05, 3.63) is 40.8 Å². The fourth-order valence-electron chi connectivity index (χ4n) is 1.96. The first-order valence-corrected chi connectivity index (χ1v) is 8.23. The highest BCUT2D eigenvalue weighted by atomic mass is 16.6. The molecule has 0 unspecified atom stereocenters. The van der Waals surface area contributed by atoms with E-state index in [0.717, 1.165) is 0 Å². The molecule has 1 aromatic carbocycles. The molecule has 0 aliphatic carbocycles. The summed E-state index contributed by atoms with van der Waals surface area (Å²) in [5, 5.41) is 5.24. The SMILES string of the molecule is CC(C)CNC(=O)NC(=O)COC(=O)COc1ccc2ccc(=O)oc2c1. The number of carbonyl (C=O) groups is 3. The van der Waals surface area contributed by atoms with E-state index >= 15 is 0 Å². The highest BCUT2D eigenvalue weighted by molar-refractivity contribution is 5.95. The van der Waals surface area contributed by atoms with Crippen molar-refractivity contribution < 1.29 is 28.3 Å². The molecule has 1 aromatic heterocycles. The third-order valence-electron chi connectivity index (χ3n) is 3.24. The Morgan fingerprint density at radius 2 is 1.85 bits per heavy atom. The normalized spacial score (nSPS) is 10.5. The average molecular weight is 376 g/mol. The van der Waals surface area contributed by atoms with Crippen molar-refractivity contribution in [1.82, 2.24) is 10.6 Å². The van der Waals surface area contributed by atoms with Crippen LogP contribution in [0.3, 0.4) is 0 Å². The van der Waals surface area contributed by atoms with Crippen LogP contribution in [0, 0.1) is 5.92 Å². The van der Waals surface area contributed by atoms with Gasteiger partial charge in [-0.05, 0) is 24.1 Å². The first kappa shape index (κ1) is 20.0. The predicted molar refractivity (Wildman–Crippen MR) is 95.3 cm³/mol. The van der Waals surface area contributed by atoms with Crippen molar-refractivity contribution in [2.24, 2.45) is 5.92 Å². The van der Waals surface area contributed by atoms with E-state index in [4.69, 9.17) is 13.9 Å². The number of benzene rings is 1. The summed E-state index contributed by atoms with van der Waals surface area (Å²) < 4.78 is 15.0. The quantitative estimate of drug-likeness (QED) is 0.549. The molecular formula is C18H20N2O7. The van der Waals surface area contributed by atoms with Gasteiger partial charge in [-0.1, -0.05) is 13.8 Å². The third kappa shape index (κ3) is 6.81. The molecule has 0 aliphatic heterocycles. The zero-order chi connectivity index (χ0) is 19.8. The van der Waals surface area contributed by atoms with E-state index < -0.39 is 36.7 Å². The van der Waals surface area contributed by atoms with Crippen LogP contribution in [0.25, 0.3) is 11.0 Å². The average Bonchev–Trinajstić information content (AvgIpc) is 2.62. The van der Waals surface area contributed by atoms with Crippen LogP contribution in [0.5, 0.6) is 5.75 Å².